The van der Waals surface area contributed by atoms with E-state index in [9.17, 15) is 4.79 Å². The smallest absolute Gasteiger partial charge is 0.160 e. The molecule has 1 heterocycles. The van der Waals surface area contributed by atoms with Crippen LogP contribution in [-0.2, 0) is 4.79 Å². The Morgan fingerprint density at radius 1 is 1.00 bits per heavy atom. The third-order valence-corrected chi connectivity index (χ3v) is 2.95. The second-order valence-corrected chi connectivity index (χ2v) is 3.89. The summed E-state index contributed by atoms with van der Waals surface area (Å²) in [5.41, 5.74) is 0.117. The molecule has 12 heavy (non-hydrogen) atoms. The molecule has 68 valence electrons. The van der Waals surface area contributed by atoms with Crippen molar-refractivity contribution < 1.29 is 4.79 Å². The van der Waals surface area contributed by atoms with Gasteiger partial charge in [0.05, 0.1) is 18.8 Å². The zero-order chi connectivity index (χ0) is 8.44. The minimum atomic E-state index is 0.117. The number of nitrogens with one attached hydrogen (secondary N) is 2. The van der Waals surface area contributed by atoms with Gasteiger partial charge in [-0.1, -0.05) is 19.3 Å². The van der Waals surface area contributed by atoms with E-state index in [-0.39, 0.29) is 11.4 Å². The van der Waals surface area contributed by atoms with Gasteiger partial charge in [-0.25, -0.2) is 0 Å². The molecule has 1 aliphatic carbocycles. The van der Waals surface area contributed by atoms with Crippen molar-refractivity contribution in [2.75, 3.05) is 13.1 Å². The van der Waals surface area contributed by atoms with Crippen LogP contribution in [0.5, 0.6) is 0 Å². The third kappa shape index (κ3) is 1.52. The molecule has 2 fully saturated rings. The zero-order valence-electron chi connectivity index (χ0n) is 7.36. The fourth-order valence-corrected chi connectivity index (χ4v) is 2.17. The lowest BCUT2D eigenvalue weighted by molar-refractivity contribution is -0.120. The van der Waals surface area contributed by atoms with Crippen molar-refractivity contribution >= 4 is 5.78 Å². The number of carbonyl (C=O) groups is 1. The first-order valence-corrected chi connectivity index (χ1v) is 4.83. The molecule has 1 saturated carbocycles. The standard InChI is InChI=1S/C9H16N2O/c12-8-6-10-9(11-7-8)4-2-1-3-5-9/h10-11H,1-7H2. The van der Waals surface area contributed by atoms with Crippen LogP contribution in [0.25, 0.3) is 0 Å². The highest BCUT2D eigenvalue weighted by Gasteiger charge is 2.34. The maximum atomic E-state index is 11.0. The molecular weight excluding hydrogens is 152 g/mol. The lowest BCUT2D eigenvalue weighted by Gasteiger charge is -2.41. The molecule has 0 unspecified atom stereocenters. The summed E-state index contributed by atoms with van der Waals surface area (Å²) < 4.78 is 0. The molecule has 0 amide bonds. The Hall–Kier alpha value is -0.410. The minimum absolute atomic E-state index is 0.117. The minimum Gasteiger partial charge on any atom is -0.297 e. The fraction of sp³-hybridized carbons (Fsp3) is 0.889. The highest BCUT2D eigenvalue weighted by molar-refractivity contribution is 5.83. The number of hydrogen-bond acceptors (Lipinski definition) is 3. The quantitative estimate of drug-likeness (QED) is 0.550. The van der Waals surface area contributed by atoms with Crippen LogP contribution in [0.4, 0.5) is 0 Å². The Balaban J connectivity index is 1.96. The second kappa shape index (κ2) is 3.15. The second-order valence-electron chi connectivity index (χ2n) is 3.89. The summed E-state index contributed by atoms with van der Waals surface area (Å²) in [6.45, 7) is 1.12. The van der Waals surface area contributed by atoms with Gasteiger partial charge in [-0.3, -0.25) is 15.4 Å². The molecule has 1 aliphatic heterocycles. The van der Waals surface area contributed by atoms with E-state index < -0.39 is 0 Å². The summed E-state index contributed by atoms with van der Waals surface area (Å²) >= 11 is 0. The van der Waals surface area contributed by atoms with Crippen molar-refractivity contribution in [3.63, 3.8) is 0 Å². The zero-order valence-corrected chi connectivity index (χ0v) is 7.36. The Bertz CT molecular complexity index is 173. The maximum absolute atomic E-state index is 11.0. The van der Waals surface area contributed by atoms with Gasteiger partial charge in [0.1, 0.15) is 0 Å². The van der Waals surface area contributed by atoms with Crippen molar-refractivity contribution in [2.45, 2.75) is 37.8 Å². The number of ketones is 1. The van der Waals surface area contributed by atoms with Crippen LogP contribution in [-0.4, -0.2) is 24.5 Å². The van der Waals surface area contributed by atoms with Crippen molar-refractivity contribution in [1.29, 1.82) is 0 Å². The van der Waals surface area contributed by atoms with E-state index in [0.29, 0.717) is 13.1 Å². The maximum Gasteiger partial charge on any atom is 0.160 e. The van der Waals surface area contributed by atoms with E-state index in [1.165, 1.54) is 32.1 Å². The summed E-state index contributed by atoms with van der Waals surface area (Å²) in [4.78, 5) is 11.0. The largest absolute Gasteiger partial charge is 0.297 e. The molecule has 1 spiro atoms. The summed E-state index contributed by atoms with van der Waals surface area (Å²) in [7, 11) is 0. The molecule has 2 aliphatic rings. The van der Waals surface area contributed by atoms with Crippen LogP contribution in [0.2, 0.25) is 0 Å². The van der Waals surface area contributed by atoms with Gasteiger partial charge in [0.25, 0.3) is 0 Å². The van der Waals surface area contributed by atoms with E-state index in [1.54, 1.807) is 0 Å². The van der Waals surface area contributed by atoms with Gasteiger partial charge in [-0.2, -0.15) is 0 Å². The molecule has 0 aromatic carbocycles. The first-order chi connectivity index (χ1) is 5.81. The van der Waals surface area contributed by atoms with Crippen LogP contribution in [0.15, 0.2) is 0 Å². The topological polar surface area (TPSA) is 41.1 Å². The number of carbonyl (C=O) groups excluding carboxylic acids is 1. The monoisotopic (exact) mass is 168 g/mol. The van der Waals surface area contributed by atoms with Gasteiger partial charge in [0, 0.05) is 0 Å². The Kier molecular flexibility index (Phi) is 2.15. The highest BCUT2D eigenvalue weighted by Crippen LogP contribution is 2.26. The number of hydrogen-bond donors (Lipinski definition) is 2. The average Bonchev–Trinajstić information content (AvgIpc) is 2.13. The van der Waals surface area contributed by atoms with Gasteiger partial charge in [0.15, 0.2) is 5.78 Å². The Labute approximate surface area is 72.9 Å². The van der Waals surface area contributed by atoms with Crippen LogP contribution in [0, 0.1) is 0 Å². The molecule has 0 bridgehead atoms. The first kappa shape index (κ1) is 8.20. The highest BCUT2D eigenvalue weighted by atomic mass is 16.1. The van der Waals surface area contributed by atoms with E-state index in [2.05, 4.69) is 10.6 Å². The van der Waals surface area contributed by atoms with E-state index in [0.717, 1.165) is 0 Å². The third-order valence-electron chi connectivity index (χ3n) is 2.95. The SMILES string of the molecule is O=C1CNC2(CCCCC2)NC1. The van der Waals surface area contributed by atoms with Gasteiger partial charge in [-0.15, -0.1) is 0 Å². The molecule has 0 aromatic heterocycles. The van der Waals surface area contributed by atoms with Gasteiger partial charge < -0.3 is 0 Å². The molecule has 0 aromatic rings. The van der Waals surface area contributed by atoms with Crippen LogP contribution in [0.3, 0.4) is 0 Å². The predicted molar refractivity (Wildman–Crippen MR) is 46.8 cm³/mol. The Morgan fingerprint density at radius 2 is 1.58 bits per heavy atom. The summed E-state index contributed by atoms with van der Waals surface area (Å²) in [6.07, 6.45) is 6.28. The lowest BCUT2D eigenvalue weighted by Crippen LogP contribution is -2.64. The normalized spacial score (nSPS) is 29.2. The molecule has 0 radical (unpaired) electrons. The molecule has 2 rings (SSSR count). The van der Waals surface area contributed by atoms with Crippen molar-refractivity contribution in [3.05, 3.63) is 0 Å². The van der Waals surface area contributed by atoms with E-state index in [1.807, 2.05) is 0 Å². The fourth-order valence-electron chi connectivity index (χ4n) is 2.17. The molecule has 2 N–H and O–H groups in total. The van der Waals surface area contributed by atoms with Crippen molar-refractivity contribution in [1.82, 2.24) is 10.6 Å². The molecular formula is C9H16N2O. The van der Waals surface area contributed by atoms with E-state index >= 15 is 0 Å². The first-order valence-electron chi connectivity index (χ1n) is 4.83. The van der Waals surface area contributed by atoms with Crippen LogP contribution in [0.1, 0.15) is 32.1 Å². The summed E-state index contributed by atoms with van der Waals surface area (Å²) in [5.74, 6) is 0.284. The van der Waals surface area contributed by atoms with Crippen LogP contribution < -0.4 is 10.6 Å². The number of rotatable bonds is 0. The lowest BCUT2D eigenvalue weighted by atomic mass is 9.87. The van der Waals surface area contributed by atoms with Crippen LogP contribution >= 0.6 is 0 Å². The predicted octanol–water partition coefficient (Wildman–Crippen LogP) is 0.409. The molecule has 1 saturated heterocycles. The average molecular weight is 168 g/mol. The molecule has 3 heteroatoms. The summed E-state index contributed by atoms with van der Waals surface area (Å²) in [5, 5.41) is 6.65. The van der Waals surface area contributed by atoms with E-state index in [4.69, 9.17) is 0 Å². The Morgan fingerprint density at radius 3 is 2.17 bits per heavy atom. The van der Waals surface area contributed by atoms with Gasteiger partial charge >= 0.3 is 0 Å². The van der Waals surface area contributed by atoms with Gasteiger partial charge in [0.2, 0.25) is 0 Å². The molecule has 3 nitrogen and oxygen atoms in total. The van der Waals surface area contributed by atoms with Crippen molar-refractivity contribution in [2.24, 2.45) is 0 Å². The summed E-state index contributed by atoms with van der Waals surface area (Å²) in [6, 6.07) is 0. The molecule has 0 atom stereocenters. The number of Topliss-reactive ketones (excluding diaryl/α,β-unsaturated/α-hetero) is 1. The van der Waals surface area contributed by atoms with Crippen molar-refractivity contribution in [3.8, 4) is 0 Å². The van der Waals surface area contributed by atoms with Gasteiger partial charge in [-0.05, 0) is 12.8 Å².